The molecule has 5 heteroatoms. The SMILES string of the molecule is CC(=O)CC(=O)N(C)c1cc2c(cc1C)OCCO2. The van der Waals surface area contributed by atoms with Crippen LogP contribution >= 0.6 is 0 Å². The van der Waals surface area contributed by atoms with Gasteiger partial charge < -0.3 is 14.4 Å². The van der Waals surface area contributed by atoms with Gasteiger partial charge in [0.1, 0.15) is 19.0 Å². The van der Waals surface area contributed by atoms with E-state index < -0.39 is 0 Å². The lowest BCUT2D eigenvalue weighted by Gasteiger charge is -2.24. The van der Waals surface area contributed by atoms with Gasteiger partial charge in [-0.15, -0.1) is 0 Å². The van der Waals surface area contributed by atoms with Crippen LogP contribution in [-0.2, 0) is 9.59 Å². The molecule has 19 heavy (non-hydrogen) atoms. The highest BCUT2D eigenvalue weighted by molar-refractivity contribution is 6.05. The number of hydrogen-bond donors (Lipinski definition) is 0. The van der Waals surface area contributed by atoms with Crippen LogP contribution in [0.25, 0.3) is 0 Å². The topological polar surface area (TPSA) is 55.8 Å². The Morgan fingerprint density at radius 3 is 2.37 bits per heavy atom. The second-order valence-corrected chi connectivity index (χ2v) is 4.61. The predicted molar refractivity (Wildman–Crippen MR) is 70.9 cm³/mol. The molecule has 0 saturated carbocycles. The second-order valence-electron chi connectivity index (χ2n) is 4.61. The van der Waals surface area contributed by atoms with Crippen molar-refractivity contribution in [1.29, 1.82) is 0 Å². The van der Waals surface area contributed by atoms with Crippen LogP contribution in [-0.4, -0.2) is 32.0 Å². The molecular formula is C14H17NO4. The van der Waals surface area contributed by atoms with Gasteiger partial charge in [0.25, 0.3) is 0 Å². The summed E-state index contributed by atoms with van der Waals surface area (Å²) in [6, 6.07) is 3.63. The lowest BCUT2D eigenvalue weighted by molar-refractivity contribution is -0.125. The number of carbonyl (C=O) groups is 2. The molecule has 0 saturated heterocycles. The highest BCUT2D eigenvalue weighted by Gasteiger charge is 2.19. The number of nitrogens with zero attached hydrogens (tertiary/aromatic N) is 1. The third-order valence-electron chi connectivity index (χ3n) is 3.00. The number of ether oxygens (including phenoxy) is 2. The fourth-order valence-corrected chi connectivity index (χ4v) is 2.01. The van der Waals surface area contributed by atoms with Crippen LogP contribution in [0.15, 0.2) is 12.1 Å². The molecular weight excluding hydrogens is 246 g/mol. The Balaban J connectivity index is 2.29. The number of Topliss-reactive ketones (excluding diaryl/α,β-unsaturated/α-hetero) is 1. The van der Waals surface area contributed by atoms with Gasteiger partial charge in [0.05, 0.1) is 12.1 Å². The van der Waals surface area contributed by atoms with Crippen LogP contribution in [0.5, 0.6) is 11.5 Å². The minimum absolute atomic E-state index is 0.0929. The van der Waals surface area contributed by atoms with Gasteiger partial charge in [-0.05, 0) is 25.5 Å². The Morgan fingerprint density at radius 1 is 1.21 bits per heavy atom. The molecule has 1 heterocycles. The van der Waals surface area contributed by atoms with Crippen molar-refractivity contribution in [2.24, 2.45) is 0 Å². The molecule has 0 aliphatic carbocycles. The summed E-state index contributed by atoms with van der Waals surface area (Å²) in [6.07, 6.45) is -0.0929. The number of amides is 1. The lowest BCUT2D eigenvalue weighted by Crippen LogP contribution is -2.28. The highest BCUT2D eigenvalue weighted by atomic mass is 16.6. The van der Waals surface area contributed by atoms with Gasteiger partial charge in [0, 0.05) is 13.1 Å². The largest absolute Gasteiger partial charge is 0.486 e. The van der Waals surface area contributed by atoms with Crippen LogP contribution in [0.1, 0.15) is 18.9 Å². The van der Waals surface area contributed by atoms with Crippen LogP contribution < -0.4 is 14.4 Å². The minimum Gasteiger partial charge on any atom is -0.486 e. The summed E-state index contributed by atoms with van der Waals surface area (Å²) in [4.78, 5) is 24.4. The van der Waals surface area contributed by atoms with Gasteiger partial charge in [-0.1, -0.05) is 0 Å². The molecule has 0 unspecified atom stereocenters. The summed E-state index contributed by atoms with van der Waals surface area (Å²) in [7, 11) is 1.66. The molecule has 2 rings (SSSR count). The Labute approximate surface area is 112 Å². The van der Waals surface area contributed by atoms with Crippen molar-refractivity contribution in [2.75, 3.05) is 25.2 Å². The van der Waals surface area contributed by atoms with Crippen molar-refractivity contribution in [3.05, 3.63) is 17.7 Å². The number of aryl methyl sites for hydroxylation is 1. The Hall–Kier alpha value is -2.04. The maximum atomic E-state index is 11.9. The standard InChI is InChI=1S/C14H17NO4/c1-9-6-12-13(19-5-4-18-12)8-11(9)15(3)14(17)7-10(2)16/h6,8H,4-5,7H2,1-3H3. The van der Waals surface area contributed by atoms with E-state index in [1.165, 1.54) is 11.8 Å². The third-order valence-corrected chi connectivity index (χ3v) is 3.00. The molecule has 1 amide bonds. The first kappa shape index (κ1) is 13.4. The first-order chi connectivity index (χ1) is 8.99. The molecule has 5 nitrogen and oxygen atoms in total. The molecule has 0 bridgehead atoms. The van der Waals surface area contributed by atoms with Crippen molar-refractivity contribution >= 4 is 17.4 Å². The maximum absolute atomic E-state index is 11.9. The fourth-order valence-electron chi connectivity index (χ4n) is 2.01. The van der Waals surface area contributed by atoms with E-state index in [2.05, 4.69) is 0 Å². The summed E-state index contributed by atoms with van der Waals surface area (Å²) in [6.45, 7) is 4.33. The van der Waals surface area contributed by atoms with E-state index in [0.717, 1.165) is 11.3 Å². The first-order valence-corrected chi connectivity index (χ1v) is 6.15. The molecule has 1 aromatic carbocycles. The van der Waals surface area contributed by atoms with E-state index in [1.54, 1.807) is 13.1 Å². The van der Waals surface area contributed by atoms with Gasteiger partial charge >= 0.3 is 0 Å². The van der Waals surface area contributed by atoms with Crippen LogP contribution in [0, 0.1) is 6.92 Å². The zero-order valence-electron chi connectivity index (χ0n) is 11.4. The van der Waals surface area contributed by atoms with Crippen molar-refractivity contribution in [3.8, 4) is 11.5 Å². The maximum Gasteiger partial charge on any atom is 0.234 e. The van der Waals surface area contributed by atoms with E-state index in [-0.39, 0.29) is 18.1 Å². The molecule has 0 spiro atoms. The summed E-state index contributed by atoms with van der Waals surface area (Å²) in [5.41, 5.74) is 1.64. The summed E-state index contributed by atoms with van der Waals surface area (Å²) in [5, 5.41) is 0. The average molecular weight is 263 g/mol. The average Bonchev–Trinajstić information content (AvgIpc) is 2.36. The predicted octanol–water partition coefficient (Wildman–Crippen LogP) is 1.71. The first-order valence-electron chi connectivity index (χ1n) is 6.15. The zero-order chi connectivity index (χ0) is 14.0. The van der Waals surface area contributed by atoms with Crippen molar-refractivity contribution in [2.45, 2.75) is 20.3 Å². The summed E-state index contributed by atoms with van der Waals surface area (Å²) in [5.74, 6) is 0.952. The van der Waals surface area contributed by atoms with Gasteiger partial charge in [-0.3, -0.25) is 9.59 Å². The Kier molecular flexibility index (Phi) is 3.74. The molecule has 1 aliphatic rings. The molecule has 1 aromatic rings. The molecule has 0 radical (unpaired) electrons. The zero-order valence-corrected chi connectivity index (χ0v) is 11.4. The van der Waals surface area contributed by atoms with E-state index >= 15 is 0 Å². The number of anilines is 1. The summed E-state index contributed by atoms with van der Waals surface area (Å²) < 4.78 is 11.0. The normalized spacial score (nSPS) is 13.0. The van der Waals surface area contributed by atoms with E-state index in [0.29, 0.717) is 24.7 Å². The monoisotopic (exact) mass is 263 g/mol. The molecule has 0 N–H and O–H groups in total. The van der Waals surface area contributed by atoms with Crippen molar-refractivity contribution < 1.29 is 19.1 Å². The molecule has 0 aromatic heterocycles. The highest BCUT2D eigenvalue weighted by Crippen LogP contribution is 2.36. The number of fused-ring (bicyclic) bond motifs is 1. The van der Waals surface area contributed by atoms with E-state index in [4.69, 9.17) is 9.47 Å². The Bertz CT molecular complexity index is 524. The number of ketones is 1. The number of rotatable bonds is 3. The second kappa shape index (κ2) is 5.30. The third kappa shape index (κ3) is 2.86. The molecule has 102 valence electrons. The van der Waals surface area contributed by atoms with E-state index in [1.807, 2.05) is 13.0 Å². The van der Waals surface area contributed by atoms with E-state index in [9.17, 15) is 9.59 Å². The molecule has 1 aliphatic heterocycles. The Morgan fingerprint density at radius 2 is 1.79 bits per heavy atom. The van der Waals surface area contributed by atoms with Crippen LogP contribution in [0.2, 0.25) is 0 Å². The molecule has 0 atom stereocenters. The summed E-state index contributed by atoms with van der Waals surface area (Å²) >= 11 is 0. The fraction of sp³-hybridized carbons (Fsp3) is 0.429. The number of carbonyl (C=O) groups excluding carboxylic acids is 2. The smallest absolute Gasteiger partial charge is 0.234 e. The number of hydrogen-bond acceptors (Lipinski definition) is 4. The van der Waals surface area contributed by atoms with Gasteiger partial charge in [0.15, 0.2) is 11.5 Å². The lowest BCUT2D eigenvalue weighted by atomic mass is 10.1. The van der Waals surface area contributed by atoms with Gasteiger partial charge in [-0.2, -0.15) is 0 Å². The number of benzene rings is 1. The molecule has 0 fully saturated rings. The van der Waals surface area contributed by atoms with Crippen molar-refractivity contribution in [1.82, 2.24) is 0 Å². The minimum atomic E-state index is -0.229. The van der Waals surface area contributed by atoms with Crippen LogP contribution in [0.4, 0.5) is 5.69 Å². The van der Waals surface area contributed by atoms with Crippen LogP contribution in [0.3, 0.4) is 0 Å². The quantitative estimate of drug-likeness (QED) is 0.779. The van der Waals surface area contributed by atoms with Gasteiger partial charge in [-0.25, -0.2) is 0 Å². The van der Waals surface area contributed by atoms with Gasteiger partial charge in [0.2, 0.25) is 5.91 Å². The van der Waals surface area contributed by atoms with Crippen molar-refractivity contribution in [3.63, 3.8) is 0 Å².